The van der Waals surface area contributed by atoms with E-state index in [-0.39, 0.29) is 11.6 Å². The molecule has 0 aliphatic heterocycles. The maximum atomic E-state index is 12.3. The van der Waals surface area contributed by atoms with Gasteiger partial charge in [-0.1, -0.05) is 30.3 Å². The van der Waals surface area contributed by atoms with Gasteiger partial charge in [-0.3, -0.25) is 14.9 Å². The van der Waals surface area contributed by atoms with Crippen LogP contribution in [0.4, 0.5) is 5.69 Å². The van der Waals surface area contributed by atoms with Crippen molar-refractivity contribution in [3.05, 3.63) is 93.6 Å². The lowest BCUT2D eigenvalue weighted by Crippen LogP contribution is -2.26. The largest absolute Gasteiger partial charge is 0.352 e. The SMILES string of the molecule is Cc1cc(C(=O)NCCc2nccn2Cc2ccccc2)ccc1[N+](=O)[O-]. The highest BCUT2D eigenvalue weighted by Gasteiger charge is 2.13. The van der Waals surface area contributed by atoms with E-state index in [1.54, 1.807) is 13.1 Å². The minimum atomic E-state index is -0.455. The van der Waals surface area contributed by atoms with Crippen LogP contribution in [0, 0.1) is 17.0 Å². The van der Waals surface area contributed by atoms with Crippen molar-refractivity contribution >= 4 is 11.6 Å². The minimum Gasteiger partial charge on any atom is -0.352 e. The lowest BCUT2D eigenvalue weighted by molar-refractivity contribution is -0.385. The van der Waals surface area contributed by atoms with Crippen molar-refractivity contribution in [2.24, 2.45) is 0 Å². The van der Waals surface area contributed by atoms with E-state index in [2.05, 4.69) is 27.0 Å². The highest BCUT2D eigenvalue weighted by Crippen LogP contribution is 2.18. The Morgan fingerprint density at radius 2 is 2.00 bits per heavy atom. The molecule has 0 saturated heterocycles. The molecule has 1 amide bonds. The molecule has 1 aromatic heterocycles. The summed E-state index contributed by atoms with van der Waals surface area (Å²) in [4.78, 5) is 27.0. The first-order chi connectivity index (χ1) is 13.0. The van der Waals surface area contributed by atoms with Crippen LogP contribution in [0.3, 0.4) is 0 Å². The van der Waals surface area contributed by atoms with Crippen LogP contribution in [0.1, 0.15) is 27.3 Å². The maximum absolute atomic E-state index is 12.3. The van der Waals surface area contributed by atoms with E-state index >= 15 is 0 Å². The van der Waals surface area contributed by atoms with Crippen molar-refractivity contribution in [2.45, 2.75) is 19.9 Å². The van der Waals surface area contributed by atoms with Crippen molar-refractivity contribution in [3.63, 3.8) is 0 Å². The Kier molecular flexibility index (Phi) is 5.61. The number of carbonyl (C=O) groups is 1. The van der Waals surface area contributed by atoms with Crippen LogP contribution < -0.4 is 5.32 Å². The van der Waals surface area contributed by atoms with Gasteiger partial charge in [0.25, 0.3) is 11.6 Å². The molecular formula is C20H20N4O3. The second kappa shape index (κ2) is 8.27. The first-order valence-electron chi connectivity index (χ1n) is 8.62. The fraction of sp³-hybridized carbons (Fsp3) is 0.200. The molecule has 27 heavy (non-hydrogen) atoms. The molecule has 7 nitrogen and oxygen atoms in total. The van der Waals surface area contributed by atoms with Gasteiger partial charge in [-0.05, 0) is 24.6 Å². The van der Waals surface area contributed by atoms with Crippen LogP contribution in [0.15, 0.2) is 60.9 Å². The molecule has 0 fully saturated rings. The zero-order chi connectivity index (χ0) is 19.2. The summed E-state index contributed by atoms with van der Waals surface area (Å²) in [6, 6.07) is 14.5. The molecule has 3 aromatic rings. The second-order valence-corrected chi connectivity index (χ2v) is 6.22. The third-order valence-electron chi connectivity index (χ3n) is 4.29. The molecule has 3 rings (SSSR count). The van der Waals surface area contributed by atoms with E-state index in [4.69, 9.17) is 0 Å². The van der Waals surface area contributed by atoms with E-state index in [0.717, 1.165) is 12.4 Å². The number of imidazole rings is 1. The molecule has 138 valence electrons. The van der Waals surface area contributed by atoms with Crippen LogP contribution in [0.25, 0.3) is 0 Å². The molecular weight excluding hydrogens is 344 g/mol. The predicted molar refractivity (Wildman–Crippen MR) is 102 cm³/mol. The Bertz CT molecular complexity index is 951. The molecule has 7 heteroatoms. The number of aromatic nitrogens is 2. The number of hydrogen-bond donors (Lipinski definition) is 1. The summed E-state index contributed by atoms with van der Waals surface area (Å²) in [6.07, 6.45) is 4.27. The standard InChI is InChI=1S/C20H20N4O3/c1-15-13-17(7-8-18(15)24(26)27)20(25)22-10-9-19-21-11-12-23(19)14-16-5-3-2-4-6-16/h2-8,11-13H,9-10,14H2,1H3,(H,22,25). The van der Waals surface area contributed by atoms with Crippen LogP contribution in [0.5, 0.6) is 0 Å². The fourth-order valence-electron chi connectivity index (χ4n) is 2.88. The summed E-state index contributed by atoms with van der Waals surface area (Å²) in [5.41, 5.74) is 2.06. The number of nitrogens with one attached hydrogen (secondary N) is 1. The van der Waals surface area contributed by atoms with Gasteiger partial charge in [0.2, 0.25) is 0 Å². The quantitative estimate of drug-likeness (QED) is 0.515. The number of benzene rings is 2. The van der Waals surface area contributed by atoms with Gasteiger partial charge >= 0.3 is 0 Å². The third kappa shape index (κ3) is 4.58. The van der Waals surface area contributed by atoms with Gasteiger partial charge in [0, 0.05) is 49.1 Å². The normalized spacial score (nSPS) is 10.6. The lowest BCUT2D eigenvalue weighted by Gasteiger charge is -2.09. The number of hydrogen-bond acceptors (Lipinski definition) is 4. The monoisotopic (exact) mass is 364 g/mol. The Balaban J connectivity index is 1.57. The number of nitro groups is 1. The molecule has 0 aliphatic carbocycles. The first-order valence-corrected chi connectivity index (χ1v) is 8.62. The van der Waals surface area contributed by atoms with Crippen molar-refractivity contribution in [1.29, 1.82) is 0 Å². The number of aryl methyl sites for hydroxylation is 1. The average molecular weight is 364 g/mol. The Hall–Kier alpha value is -3.48. The van der Waals surface area contributed by atoms with Gasteiger partial charge in [0.05, 0.1) is 4.92 Å². The molecule has 0 bridgehead atoms. The summed E-state index contributed by atoms with van der Waals surface area (Å²) in [7, 11) is 0. The molecule has 1 heterocycles. The zero-order valence-corrected chi connectivity index (χ0v) is 15.0. The van der Waals surface area contributed by atoms with E-state index in [0.29, 0.717) is 24.1 Å². The van der Waals surface area contributed by atoms with Gasteiger partial charge in [-0.15, -0.1) is 0 Å². The summed E-state index contributed by atoms with van der Waals surface area (Å²) < 4.78 is 2.05. The number of amides is 1. The van der Waals surface area contributed by atoms with Crippen LogP contribution in [0.2, 0.25) is 0 Å². The molecule has 1 N–H and O–H groups in total. The Morgan fingerprint density at radius 3 is 2.70 bits per heavy atom. The van der Waals surface area contributed by atoms with E-state index in [1.807, 2.05) is 24.4 Å². The number of nitro benzene ring substituents is 1. The molecule has 0 saturated carbocycles. The maximum Gasteiger partial charge on any atom is 0.272 e. The van der Waals surface area contributed by atoms with Crippen LogP contribution >= 0.6 is 0 Å². The van der Waals surface area contributed by atoms with E-state index in [9.17, 15) is 14.9 Å². The molecule has 0 aliphatic rings. The molecule has 0 unspecified atom stereocenters. The first kappa shape index (κ1) is 18.3. The minimum absolute atomic E-state index is 0.00879. The van der Waals surface area contributed by atoms with Crippen molar-refractivity contribution in [2.75, 3.05) is 6.54 Å². The van der Waals surface area contributed by atoms with Gasteiger partial charge in [-0.25, -0.2) is 4.98 Å². The zero-order valence-electron chi connectivity index (χ0n) is 15.0. The van der Waals surface area contributed by atoms with Crippen LogP contribution in [-0.2, 0) is 13.0 Å². The van der Waals surface area contributed by atoms with E-state index in [1.165, 1.54) is 23.8 Å². The fourth-order valence-corrected chi connectivity index (χ4v) is 2.88. The molecule has 2 aromatic carbocycles. The van der Waals surface area contributed by atoms with Crippen molar-refractivity contribution in [1.82, 2.24) is 14.9 Å². The summed E-state index contributed by atoms with van der Waals surface area (Å²) in [5, 5.41) is 13.7. The van der Waals surface area contributed by atoms with Gasteiger partial charge in [-0.2, -0.15) is 0 Å². The highest BCUT2D eigenvalue weighted by atomic mass is 16.6. The van der Waals surface area contributed by atoms with Crippen LogP contribution in [-0.4, -0.2) is 26.9 Å². The average Bonchev–Trinajstić information content (AvgIpc) is 3.09. The summed E-state index contributed by atoms with van der Waals surface area (Å²) >= 11 is 0. The van der Waals surface area contributed by atoms with Gasteiger partial charge in [0.1, 0.15) is 5.82 Å². The lowest BCUT2D eigenvalue weighted by atomic mass is 10.1. The number of carbonyl (C=O) groups excluding carboxylic acids is 1. The number of nitrogens with zero attached hydrogens (tertiary/aromatic N) is 3. The third-order valence-corrected chi connectivity index (χ3v) is 4.29. The topological polar surface area (TPSA) is 90.1 Å². The van der Waals surface area contributed by atoms with Gasteiger partial charge < -0.3 is 9.88 Å². The second-order valence-electron chi connectivity index (χ2n) is 6.22. The van der Waals surface area contributed by atoms with Gasteiger partial charge in [0.15, 0.2) is 0 Å². The molecule has 0 atom stereocenters. The predicted octanol–water partition coefficient (Wildman–Crippen LogP) is 3.12. The summed E-state index contributed by atoms with van der Waals surface area (Å²) in [5.74, 6) is 0.633. The Morgan fingerprint density at radius 1 is 1.22 bits per heavy atom. The smallest absolute Gasteiger partial charge is 0.272 e. The molecule has 0 radical (unpaired) electrons. The summed E-state index contributed by atoms with van der Waals surface area (Å²) in [6.45, 7) is 2.78. The molecule has 0 spiro atoms. The van der Waals surface area contributed by atoms with Crippen molar-refractivity contribution in [3.8, 4) is 0 Å². The number of rotatable bonds is 7. The van der Waals surface area contributed by atoms with E-state index < -0.39 is 4.92 Å². The van der Waals surface area contributed by atoms with Crippen molar-refractivity contribution < 1.29 is 9.72 Å². The highest BCUT2D eigenvalue weighted by molar-refractivity contribution is 5.94. The Labute approximate surface area is 156 Å².